The minimum Gasteiger partial charge on any atom is -0.461 e. The molecular weight excluding hydrogens is 314 g/mol. The highest BCUT2D eigenvalue weighted by molar-refractivity contribution is 7.99. The van der Waals surface area contributed by atoms with Crippen molar-refractivity contribution in [2.24, 2.45) is 0 Å². The molecule has 0 saturated carbocycles. The Morgan fingerprint density at radius 3 is 2.78 bits per heavy atom. The lowest BCUT2D eigenvalue weighted by molar-refractivity contribution is -0.113. The first kappa shape index (κ1) is 15.2. The van der Waals surface area contributed by atoms with Crippen LogP contribution in [0.15, 0.2) is 52.2 Å². The van der Waals surface area contributed by atoms with Crippen LogP contribution in [0.4, 0.5) is 5.69 Å². The van der Waals surface area contributed by atoms with Gasteiger partial charge in [0, 0.05) is 5.69 Å². The lowest BCUT2D eigenvalue weighted by Crippen LogP contribution is -2.16. The van der Waals surface area contributed by atoms with Crippen LogP contribution in [-0.2, 0) is 4.79 Å². The van der Waals surface area contributed by atoms with E-state index in [1.807, 2.05) is 31.2 Å². The number of amides is 1. The molecule has 0 aliphatic rings. The summed E-state index contributed by atoms with van der Waals surface area (Å²) in [5, 5.41) is 11.2. The van der Waals surface area contributed by atoms with Crippen molar-refractivity contribution in [1.29, 1.82) is 0 Å². The third-order valence-electron chi connectivity index (χ3n) is 3.07. The van der Waals surface area contributed by atoms with Crippen molar-refractivity contribution in [3.05, 3.63) is 48.2 Å². The molecule has 3 aromatic rings. The van der Waals surface area contributed by atoms with Gasteiger partial charge < -0.3 is 15.6 Å². The molecule has 7 nitrogen and oxygen atoms in total. The maximum atomic E-state index is 12.0. The average Bonchev–Trinajstić information content (AvgIpc) is 3.17. The molecule has 2 aromatic heterocycles. The fourth-order valence-electron chi connectivity index (χ4n) is 1.91. The summed E-state index contributed by atoms with van der Waals surface area (Å²) < 4.78 is 6.54. The Hall–Kier alpha value is -2.74. The van der Waals surface area contributed by atoms with E-state index in [4.69, 9.17) is 10.3 Å². The lowest BCUT2D eigenvalue weighted by Gasteiger charge is -2.05. The maximum absolute atomic E-state index is 12.0. The average molecular weight is 329 g/mol. The van der Waals surface area contributed by atoms with Gasteiger partial charge in [0.1, 0.15) is 0 Å². The molecule has 0 unspecified atom stereocenters. The summed E-state index contributed by atoms with van der Waals surface area (Å²) in [7, 11) is 0. The molecular formula is C15H15N5O2S. The Kier molecular flexibility index (Phi) is 4.33. The zero-order chi connectivity index (χ0) is 16.2. The van der Waals surface area contributed by atoms with Crippen molar-refractivity contribution in [3.8, 4) is 11.6 Å². The van der Waals surface area contributed by atoms with Crippen LogP contribution in [0.3, 0.4) is 0 Å². The third kappa shape index (κ3) is 3.54. The van der Waals surface area contributed by atoms with Crippen LogP contribution >= 0.6 is 11.8 Å². The number of carbonyl (C=O) groups is 1. The van der Waals surface area contributed by atoms with Crippen LogP contribution in [0, 0.1) is 6.92 Å². The van der Waals surface area contributed by atoms with E-state index in [2.05, 4.69) is 15.5 Å². The summed E-state index contributed by atoms with van der Waals surface area (Å²) in [5.41, 5.74) is 1.89. The van der Waals surface area contributed by atoms with E-state index in [1.165, 1.54) is 22.7 Å². The summed E-state index contributed by atoms with van der Waals surface area (Å²) in [5.74, 6) is 6.91. The standard InChI is InChI=1S/C15H15N5O2S/c1-10-4-6-11(7-5-10)17-13(21)9-23-15-19-18-14(20(15)16)12-3-2-8-22-12/h2-8H,9,16H2,1H3,(H,17,21). The van der Waals surface area contributed by atoms with Crippen LogP contribution in [0.25, 0.3) is 11.6 Å². The first-order valence-electron chi connectivity index (χ1n) is 6.87. The molecule has 23 heavy (non-hydrogen) atoms. The highest BCUT2D eigenvalue weighted by Crippen LogP contribution is 2.21. The second-order valence-corrected chi connectivity index (χ2v) is 5.80. The number of benzene rings is 1. The van der Waals surface area contributed by atoms with Crippen LogP contribution < -0.4 is 11.2 Å². The fraction of sp³-hybridized carbons (Fsp3) is 0.133. The number of thioether (sulfide) groups is 1. The molecule has 8 heteroatoms. The first-order valence-corrected chi connectivity index (χ1v) is 7.86. The SMILES string of the molecule is Cc1ccc(NC(=O)CSc2nnc(-c3ccco3)n2N)cc1. The molecule has 118 valence electrons. The van der Waals surface area contributed by atoms with Gasteiger partial charge in [-0.05, 0) is 31.2 Å². The maximum Gasteiger partial charge on any atom is 0.234 e. The summed E-state index contributed by atoms with van der Waals surface area (Å²) in [6.45, 7) is 1.99. The molecule has 1 aromatic carbocycles. The molecule has 0 aliphatic heterocycles. The second kappa shape index (κ2) is 6.57. The highest BCUT2D eigenvalue weighted by Gasteiger charge is 2.15. The molecule has 3 rings (SSSR count). The summed E-state index contributed by atoms with van der Waals surface area (Å²) in [6, 6.07) is 11.1. The van der Waals surface area contributed by atoms with Crippen molar-refractivity contribution in [3.63, 3.8) is 0 Å². The molecule has 0 fully saturated rings. The van der Waals surface area contributed by atoms with Crippen molar-refractivity contribution in [1.82, 2.24) is 14.9 Å². The van der Waals surface area contributed by atoms with E-state index < -0.39 is 0 Å². The molecule has 3 N–H and O–H groups in total. The number of aromatic nitrogens is 3. The van der Waals surface area contributed by atoms with E-state index in [0.29, 0.717) is 16.7 Å². The number of nitrogens with zero attached hydrogens (tertiary/aromatic N) is 3. The van der Waals surface area contributed by atoms with Gasteiger partial charge in [-0.3, -0.25) is 4.79 Å². The number of nitrogens with one attached hydrogen (secondary N) is 1. The fourth-order valence-corrected chi connectivity index (χ4v) is 2.57. The van der Waals surface area contributed by atoms with Crippen LogP contribution in [0.5, 0.6) is 0 Å². The predicted octanol–water partition coefficient (Wildman–Crippen LogP) is 2.29. The number of nitrogens with two attached hydrogens (primary N) is 1. The number of nitrogen functional groups attached to an aromatic ring is 1. The molecule has 0 bridgehead atoms. The molecule has 0 aliphatic carbocycles. The Bertz CT molecular complexity index is 796. The van der Waals surface area contributed by atoms with E-state index >= 15 is 0 Å². The number of hydrogen-bond donors (Lipinski definition) is 2. The number of rotatable bonds is 5. The molecule has 2 heterocycles. The molecule has 0 saturated heterocycles. The van der Waals surface area contributed by atoms with Gasteiger partial charge in [-0.1, -0.05) is 29.5 Å². The lowest BCUT2D eigenvalue weighted by atomic mass is 10.2. The minimum absolute atomic E-state index is 0.138. The van der Waals surface area contributed by atoms with Crippen LogP contribution in [0.2, 0.25) is 0 Å². The Morgan fingerprint density at radius 1 is 1.30 bits per heavy atom. The van der Waals surface area contributed by atoms with Gasteiger partial charge in [0.2, 0.25) is 16.9 Å². The van der Waals surface area contributed by atoms with Crippen molar-refractivity contribution < 1.29 is 9.21 Å². The Morgan fingerprint density at radius 2 is 2.09 bits per heavy atom. The van der Waals surface area contributed by atoms with Crippen molar-refractivity contribution >= 4 is 23.4 Å². The normalized spacial score (nSPS) is 10.7. The van der Waals surface area contributed by atoms with E-state index in [9.17, 15) is 4.79 Å². The number of carbonyl (C=O) groups excluding carboxylic acids is 1. The Balaban J connectivity index is 1.60. The molecule has 1 amide bonds. The second-order valence-electron chi connectivity index (χ2n) is 4.86. The zero-order valence-corrected chi connectivity index (χ0v) is 13.2. The number of aryl methyl sites for hydroxylation is 1. The minimum atomic E-state index is -0.138. The summed E-state index contributed by atoms with van der Waals surface area (Å²) >= 11 is 1.21. The largest absolute Gasteiger partial charge is 0.461 e. The van der Waals surface area contributed by atoms with E-state index in [1.54, 1.807) is 12.1 Å². The predicted molar refractivity (Wildman–Crippen MR) is 88.4 cm³/mol. The van der Waals surface area contributed by atoms with Gasteiger partial charge in [-0.15, -0.1) is 10.2 Å². The number of hydrogen-bond acceptors (Lipinski definition) is 6. The zero-order valence-electron chi connectivity index (χ0n) is 12.4. The van der Waals surface area contributed by atoms with Gasteiger partial charge in [-0.25, -0.2) is 4.68 Å². The van der Waals surface area contributed by atoms with Crippen LogP contribution in [-0.4, -0.2) is 26.5 Å². The smallest absolute Gasteiger partial charge is 0.234 e. The number of furan rings is 1. The monoisotopic (exact) mass is 329 g/mol. The van der Waals surface area contributed by atoms with Gasteiger partial charge in [0.15, 0.2) is 5.76 Å². The molecule has 0 radical (unpaired) electrons. The summed E-state index contributed by atoms with van der Waals surface area (Å²) in [4.78, 5) is 12.0. The van der Waals surface area contributed by atoms with Gasteiger partial charge >= 0.3 is 0 Å². The number of anilines is 1. The summed E-state index contributed by atoms with van der Waals surface area (Å²) in [6.07, 6.45) is 1.53. The highest BCUT2D eigenvalue weighted by atomic mass is 32.2. The van der Waals surface area contributed by atoms with Gasteiger partial charge in [-0.2, -0.15) is 0 Å². The van der Waals surface area contributed by atoms with Gasteiger partial charge in [0.05, 0.1) is 12.0 Å². The Labute approximate surface area is 136 Å². The first-order chi connectivity index (χ1) is 11.1. The van der Waals surface area contributed by atoms with Gasteiger partial charge in [0.25, 0.3) is 0 Å². The van der Waals surface area contributed by atoms with E-state index in [-0.39, 0.29) is 11.7 Å². The molecule has 0 atom stereocenters. The van der Waals surface area contributed by atoms with Crippen molar-refractivity contribution in [2.75, 3.05) is 16.9 Å². The van der Waals surface area contributed by atoms with Crippen LogP contribution in [0.1, 0.15) is 5.56 Å². The quantitative estimate of drug-likeness (QED) is 0.550. The molecule has 0 spiro atoms. The van der Waals surface area contributed by atoms with Crippen molar-refractivity contribution in [2.45, 2.75) is 12.1 Å². The topological polar surface area (TPSA) is 99.0 Å². The van der Waals surface area contributed by atoms with E-state index in [0.717, 1.165) is 11.3 Å². The third-order valence-corrected chi connectivity index (χ3v) is 4.02.